The van der Waals surface area contributed by atoms with E-state index in [-0.39, 0.29) is 5.82 Å². The number of halogens is 1. The van der Waals surface area contributed by atoms with Crippen molar-refractivity contribution < 1.29 is 14.2 Å². The van der Waals surface area contributed by atoms with Crippen molar-refractivity contribution in [2.45, 2.75) is 26.0 Å². The quantitative estimate of drug-likeness (QED) is 0.683. The smallest absolute Gasteiger partial charge is 0.233 e. The molecule has 6 nitrogen and oxygen atoms in total. The first kappa shape index (κ1) is 19.0. The Balaban J connectivity index is 1.77. The zero-order valence-corrected chi connectivity index (χ0v) is 16.7. The zero-order chi connectivity index (χ0) is 19.7. The number of aliphatic hydroxyl groups is 1. The van der Waals surface area contributed by atoms with E-state index >= 15 is 0 Å². The molecule has 1 unspecified atom stereocenters. The summed E-state index contributed by atoms with van der Waals surface area (Å²) < 4.78 is 23.0. The highest BCUT2D eigenvalue weighted by molar-refractivity contribution is 8.00. The first-order valence-electron chi connectivity index (χ1n) is 9.36. The average Bonchev–Trinajstić information content (AvgIpc) is 3.52. The summed E-state index contributed by atoms with van der Waals surface area (Å²) in [5.41, 5.74) is 2.63. The number of benzene rings is 1. The lowest BCUT2D eigenvalue weighted by Gasteiger charge is -2.31. The van der Waals surface area contributed by atoms with Gasteiger partial charge in [0.2, 0.25) is 5.95 Å². The molecule has 1 atom stereocenters. The van der Waals surface area contributed by atoms with Gasteiger partial charge in [-0.05, 0) is 36.5 Å². The van der Waals surface area contributed by atoms with E-state index in [1.807, 2.05) is 13.1 Å². The van der Waals surface area contributed by atoms with Crippen molar-refractivity contribution in [1.82, 2.24) is 14.9 Å². The fourth-order valence-corrected chi connectivity index (χ4v) is 3.46. The highest BCUT2D eigenvalue weighted by Gasteiger charge is 2.28. The van der Waals surface area contributed by atoms with Gasteiger partial charge in [0.25, 0.3) is 0 Å². The average molecular weight is 402 g/mol. The van der Waals surface area contributed by atoms with Crippen LogP contribution in [0.5, 0.6) is 5.75 Å². The van der Waals surface area contributed by atoms with Crippen LogP contribution in [0.4, 0.5) is 10.3 Å². The molecule has 0 bridgehead atoms. The van der Waals surface area contributed by atoms with E-state index in [0.717, 1.165) is 16.9 Å². The Hall–Kier alpha value is -2.32. The number of rotatable bonds is 7. The molecule has 28 heavy (non-hydrogen) atoms. The summed E-state index contributed by atoms with van der Waals surface area (Å²) in [6.45, 7) is 2.67. The predicted octanol–water partition coefficient (Wildman–Crippen LogP) is 3.81. The fourth-order valence-electron chi connectivity index (χ4n) is 3.09. The Morgan fingerprint density at radius 1 is 1.39 bits per heavy atom. The third-order valence-electron chi connectivity index (χ3n) is 4.79. The molecule has 8 heteroatoms. The third kappa shape index (κ3) is 3.93. The van der Waals surface area contributed by atoms with Crippen LogP contribution in [-0.2, 0) is 0 Å². The van der Waals surface area contributed by atoms with Gasteiger partial charge in [-0.1, -0.05) is 24.9 Å². The largest absolute Gasteiger partial charge is 0.489 e. The fraction of sp³-hybridized carbons (Fsp3) is 0.400. The summed E-state index contributed by atoms with van der Waals surface area (Å²) in [5, 5.41) is 10.5. The predicted molar refractivity (Wildman–Crippen MR) is 108 cm³/mol. The number of anilines is 1. The number of ether oxygens (including phenoxy) is 1. The van der Waals surface area contributed by atoms with Crippen molar-refractivity contribution in [2.24, 2.45) is 5.92 Å². The molecular weight excluding hydrogens is 379 g/mol. The van der Waals surface area contributed by atoms with Gasteiger partial charge in [-0.25, -0.2) is 14.4 Å². The van der Waals surface area contributed by atoms with Gasteiger partial charge in [-0.15, -0.1) is 0 Å². The molecule has 0 spiro atoms. The summed E-state index contributed by atoms with van der Waals surface area (Å²) in [4.78, 5) is 10.7. The normalized spacial score (nSPS) is 18.5. The van der Waals surface area contributed by atoms with Crippen LogP contribution in [0.1, 0.15) is 42.8 Å². The monoisotopic (exact) mass is 402 g/mol. The lowest BCUT2D eigenvalue weighted by molar-refractivity contribution is 0.0518. The van der Waals surface area contributed by atoms with Gasteiger partial charge in [0.15, 0.2) is 12.0 Å². The van der Waals surface area contributed by atoms with Crippen LogP contribution in [0.3, 0.4) is 0 Å². The minimum atomic E-state index is -0.916. The second-order valence-electron chi connectivity index (χ2n) is 7.01. The molecule has 2 N–H and O–H groups in total. The lowest BCUT2D eigenvalue weighted by Crippen LogP contribution is -2.25. The first-order valence-corrected chi connectivity index (χ1v) is 10.3. The number of aromatic nitrogens is 2. The van der Waals surface area contributed by atoms with Crippen LogP contribution in [-0.4, -0.2) is 39.4 Å². The van der Waals surface area contributed by atoms with Gasteiger partial charge in [-0.3, -0.25) is 4.72 Å². The number of nitrogens with one attached hydrogen (secondary N) is 1. The van der Waals surface area contributed by atoms with Gasteiger partial charge in [0.1, 0.15) is 11.5 Å². The molecule has 1 aromatic carbocycles. The van der Waals surface area contributed by atoms with Crippen molar-refractivity contribution in [3.63, 3.8) is 0 Å². The molecule has 148 valence electrons. The Morgan fingerprint density at radius 3 is 2.96 bits per heavy atom. The summed E-state index contributed by atoms with van der Waals surface area (Å²) in [7, 11) is 1.75. The van der Waals surface area contributed by atoms with E-state index in [0.29, 0.717) is 35.5 Å². The minimum Gasteiger partial charge on any atom is -0.489 e. The molecule has 4 rings (SSSR count). The summed E-state index contributed by atoms with van der Waals surface area (Å²) in [6.07, 6.45) is 4.94. The summed E-state index contributed by atoms with van der Waals surface area (Å²) in [6, 6.07) is 4.43. The van der Waals surface area contributed by atoms with Gasteiger partial charge in [-0.2, -0.15) is 0 Å². The molecule has 1 aliphatic heterocycles. The molecule has 1 fully saturated rings. The van der Waals surface area contributed by atoms with Crippen molar-refractivity contribution in [1.29, 1.82) is 0 Å². The van der Waals surface area contributed by atoms with Crippen molar-refractivity contribution >= 4 is 23.5 Å². The first-order chi connectivity index (χ1) is 13.6. The van der Waals surface area contributed by atoms with Crippen molar-refractivity contribution in [3.8, 4) is 5.75 Å². The third-order valence-corrected chi connectivity index (χ3v) is 5.41. The maximum atomic E-state index is 13.8. The summed E-state index contributed by atoms with van der Waals surface area (Å²) >= 11 is 1.50. The van der Waals surface area contributed by atoms with E-state index in [2.05, 4.69) is 14.7 Å². The molecule has 2 heterocycles. The van der Waals surface area contributed by atoms with E-state index in [1.165, 1.54) is 36.9 Å². The van der Waals surface area contributed by atoms with Crippen LogP contribution in [0.15, 0.2) is 30.6 Å². The van der Waals surface area contributed by atoms with Crippen LogP contribution >= 0.6 is 11.9 Å². The van der Waals surface area contributed by atoms with Crippen LogP contribution in [0.25, 0.3) is 5.57 Å². The zero-order valence-electron chi connectivity index (χ0n) is 15.9. The van der Waals surface area contributed by atoms with Crippen LogP contribution in [0.2, 0.25) is 0 Å². The standard InChI is InChI=1S/C20H23FN4O2S/c1-3-28-24-20-22-9-17(27-11-12-4-5-12)18(23-20)16-10-25(2)19(26)15-8-13(21)6-7-14(15)16/h6-10,12,19,26H,3-5,11H2,1-2H3,(H,22,23,24). The lowest BCUT2D eigenvalue weighted by atomic mass is 9.93. The maximum Gasteiger partial charge on any atom is 0.233 e. The van der Waals surface area contributed by atoms with Gasteiger partial charge >= 0.3 is 0 Å². The number of fused-ring (bicyclic) bond motifs is 1. The van der Waals surface area contributed by atoms with Crippen LogP contribution in [0, 0.1) is 11.7 Å². The number of nitrogens with zero attached hydrogens (tertiary/aromatic N) is 3. The Labute approximate surface area is 168 Å². The highest BCUT2D eigenvalue weighted by atomic mass is 32.2. The molecule has 2 aromatic rings. The van der Waals surface area contributed by atoms with E-state index < -0.39 is 6.23 Å². The van der Waals surface area contributed by atoms with Crippen LogP contribution < -0.4 is 9.46 Å². The Bertz CT molecular complexity index is 904. The molecule has 2 aliphatic rings. The Morgan fingerprint density at radius 2 is 2.21 bits per heavy atom. The van der Waals surface area contributed by atoms with Gasteiger partial charge in [0, 0.05) is 30.1 Å². The van der Waals surface area contributed by atoms with Crippen molar-refractivity contribution in [3.05, 3.63) is 53.2 Å². The van der Waals surface area contributed by atoms with Gasteiger partial charge < -0.3 is 14.7 Å². The number of hydrogen-bond donors (Lipinski definition) is 2. The van der Waals surface area contributed by atoms with E-state index in [9.17, 15) is 9.50 Å². The number of hydrogen-bond acceptors (Lipinski definition) is 7. The minimum absolute atomic E-state index is 0.387. The molecule has 0 saturated heterocycles. The molecule has 1 saturated carbocycles. The number of aliphatic hydroxyl groups excluding tert-OH is 1. The Kier molecular flexibility index (Phi) is 5.41. The molecule has 0 radical (unpaired) electrons. The highest BCUT2D eigenvalue weighted by Crippen LogP contribution is 2.39. The van der Waals surface area contributed by atoms with Crippen molar-refractivity contribution in [2.75, 3.05) is 24.1 Å². The van der Waals surface area contributed by atoms with E-state index in [1.54, 1.807) is 24.2 Å². The molecule has 1 aliphatic carbocycles. The molecule has 1 aromatic heterocycles. The SMILES string of the molecule is CCSNc1ncc(OCC2CC2)c(C2=CN(C)C(O)c3cc(F)ccc32)n1. The summed E-state index contributed by atoms with van der Waals surface area (Å²) in [5.74, 6) is 2.15. The molecular formula is C20H23FN4O2S. The topological polar surface area (TPSA) is 70.5 Å². The second-order valence-corrected chi connectivity index (χ2v) is 8.08. The van der Waals surface area contributed by atoms with E-state index in [4.69, 9.17) is 4.74 Å². The molecule has 0 amide bonds. The van der Waals surface area contributed by atoms with Gasteiger partial charge in [0.05, 0.1) is 12.8 Å². The second kappa shape index (κ2) is 7.97. The maximum absolute atomic E-state index is 13.8.